The van der Waals surface area contributed by atoms with Crippen LogP contribution in [0.15, 0.2) is 0 Å². The van der Waals surface area contributed by atoms with Crippen LogP contribution in [0.5, 0.6) is 0 Å². The van der Waals surface area contributed by atoms with E-state index in [1.807, 2.05) is 0 Å². The molecule has 0 bridgehead atoms. The SMILES string of the molecule is CNC(=S)SCC(SC(=S)NC)C(=O)O.O=C(O)C(S)CCCCS. The van der Waals surface area contributed by atoms with Crippen LogP contribution in [0.2, 0.25) is 0 Å². The Labute approximate surface area is 178 Å². The molecule has 0 aromatic heterocycles. The van der Waals surface area contributed by atoms with Crippen molar-refractivity contribution in [3.05, 3.63) is 0 Å². The third kappa shape index (κ3) is 17.3. The molecule has 0 aliphatic carbocycles. The molecule has 0 aliphatic rings. The molecule has 6 nitrogen and oxygen atoms in total. The van der Waals surface area contributed by atoms with Crippen LogP contribution >= 0.6 is 73.2 Å². The zero-order chi connectivity index (χ0) is 19.8. The highest BCUT2D eigenvalue weighted by Gasteiger charge is 2.20. The van der Waals surface area contributed by atoms with E-state index in [0.717, 1.165) is 30.4 Å². The number of thioether (sulfide) groups is 2. The molecule has 0 aromatic carbocycles. The molecule has 0 rings (SSSR count). The molecule has 4 N–H and O–H groups in total. The van der Waals surface area contributed by atoms with Gasteiger partial charge in [0.15, 0.2) is 0 Å². The molecule has 2 unspecified atom stereocenters. The monoisotopic (exact) mass is 464 g/mol. The second kappa shape index (κ2) is 17.5. The summed E-state index contributed by atoms with van der Waals surface area (Å²) < 4.78 is 1.05. The van der Waals surface area contributed by atoms with Gasteiger partial charge in [-0.1, -0.05) is 54.4 Å². The molecule has 0 aliphatic heterocycles. The van der Waals surface area contributed by atoms with Gasteiger partial charge in [0, 0.05) is 19.8 Å². The number of carboxylic acids is 2. The topological polar surface area (TPSA) is 98.7 Å². The Bertz CT molecular complexity index is 439. The van der Waals surface area contributed by atoms with E-state index in [1.165, 1.54) is 11.8 Å². The molecule has 0 aromatic rings. The van der Waals surface area contributed by atoms with E-state index in [0.29, 0.717) is 20.8 Å². The number of rotatable bonds is 9. The zero-order valence-electron chi connectivity index (χ0n) is 13.9. The largest absolute Gasteiger partial charge is 0.480 e. The van der Waals surface area contributed by atoms with E-state index in [1.54, 1.807) is 14.1 Å². The van der Waals surface area contributed by atoms with E-state index in [4.69, 9.17) is 34.6 Å². The molecule has 0 amide bonds. The number of hydrogen-bond acceptors (Lipinski definition) is 8. The van der Waals surface area contributed by atoms with Crippen molar-refractivity contribution in [2.75, 3.05) is 25.6 Å². The van der Waals surface area contributed by atoms with Crippen LogP contribution in [0.25, 0.3) is 0 Å². The second-order valence-corrected chi connectivity index (χ2v) is 9.05. The number of thiocarbonyl (C=S) groups is 2. The molecule has 0 spiro atoms. The number of hydrogen-bond donors (Lipinski definition) is 6. The smallest absolute Gasteiger partial charge is 0.317 e. The Morgan fingerprint density at radius 3 is 2.04 bits per heavy atom. The van der Waals surface area contributed by atoms with Gasteiger partial charge in [-0.25, -0.2) is 0 Å². The van der Waals surface area contributed by atoms with E-state index in [2.05, 4.69) is 35.9 Å². The standard InChI is InChI=1S/C7H12N2O2S4.C6H12O2S2/c1-8-6(12)14-3-4(5(10)11)15-7(13)9-2;7-6(8)5(10)3-1-2-4-9/h4H,3H2,1-2H3,(H,8,12)(H,9,13)(H,10,11);5,9-10H,1-4H2,(H,7,8). The predicted octanol–water partition coefficient (Wildman–Crippen LogP) is 2.38. The highest BCUT2D eigenvalue weighted by molar-refractivity contribution is 8.26. The van der Waals surface area contributed by atoms with Crippen LogP contribution in [-0.4, -0.2) is 66.9 Å². The van der Waals surface area contributed by atoms with Crippen LogP contribution in [0.4, 0.5) is 0 Å². The van der Waals surface area contributed by atoms with Crippen molar-refractivity contribution in [2.24, 2.45) is 0 Å². The van der Waals surface area contributed by atoms with Crippen molar-refractivity contribution in [3.8, 4) is 0 Å². The third-order valence-corrected chi connectivity index (χ3v) is 6.56. The van der Waals surface area contributed by atoms with Crippen molar-refractivity contribution < 1.29 is 19.8 Å². The van der Waals surface area contributed by atoms with Crippen LogP contribution in [0, 0.1) is 0 Å². The van der Waals surface area contributed by atoms with Crippen LogP contribution < -0.4 is 10.6 Å². The van der Waals surface area contributed by atoms with Gasteiger partial charge < -0.3 is 20.8 Å². The summed E-state index contributed by atoms with van der Waals surface area (Å²) in [4.78, 5) is 21.1. The van der Waals surface area contributed by atoms with Crippen LogP contribution in [-0.2, 0) is 9.59 Å². The van der Waals surface area contributed by atoms with Gasteiger partial charge in [0.2, 0.25) is 0 Å². The average Bonchev–Trinajstić information content (AvgIpc) is 2.58. The number of unbranched alkanes of at least 4 members (excludes halogenated alkanes) is 1. The Morgan fingerprint density at radius 1 is 1.08 bits per heavy atom. The first kappa shape index (κ1) is 27.3. The minimum atomic E-state index is -0.885. The van der Waals surface area contributed by atoms with E-state index < -0.39 is 22.4 Å². The summed E-state index contributed by atoms with van der Waals surface area (Å²) >= 11 is 20.1. The Hall–Kier alpha value is 0.120. The first-order chi connectivity index (χ1) is 11.7. The van der Waals surface area contributed by atoms with Gasteiger partial charge in [-0.05, 0) is 18.6 Å². The van der Waals surface area contributed by atoms with Crippen molar-refractivity contribution in [2.45, 2.75) is 29.8 Å². The van der Waals surface area contributed by atoms with E-state index in [-0.39, 0.29) is 0 Å². The molecule has 0 heterocycles. The summed E-state index contributed by atoms with van der Waals surface area (Å²) in [7, 11) is 3.37. The summed E-state index contributed by atoms with van der Waals surface area (Å²) in [6.07, 6.45) is 2.50. The predicted molar refractivity (Wildman–Crippen MR) is 123 cm³/mol. The molecule has 25 heavy (non-hydrogen) atoms. The molecule has 0 radical (unpaired) electrons. The fraction of sp³-hybridized carbons (Fsp3) is 0.692. The normalized spacial score (nSPS) is 12.2. The molecular weight excluding hydrogens is 441 g/mol. The molecule has 2 atom stereocenters. The van der Waals surface area contributed by atoms with Gasteiger partial charge in [-0.2, -0.15) is 25.3 Å². The maximum Gasteiger partial charge on any atom is 0.317 e. The number of carbonyl (C=O) groups is 2. The Kier molecular flexibility index (Phi) is 19.2. The van der Waals surface area contributed by atoms with Crippen molar-refractivity contribution in [1.82, 2.24) is 10.6 Å². The molecule has 0 saturated heterocycles. The lowest BCUT2D eigenvalue weighted by Gasteiger charge is -2.11. The number of nitrogens with one attached hydrogen (secondary N) is 2. The summed E-state index contributed by atoms with van der Waals surface area (Å²) in [5.41, 5.74) is 0. The number of thiol groups is 2. The lowest BCUT2D eigenvalue weighted by atomic mass is 10.2. The molecule has 12 heteroatoms. The average molecular weight is 465 g/mol. The highest BCUT2D eigenvalue weighted by Crippen LogP contribution is 2.18. The molecule has 0 fully saturated rings. The molecular formula is C13H24N2O4S6. The van der Waals surface area contributed by atoms with Crippen molar-refractivity contribution >= 4 is 93.8 Å². The van der Waals surface area contributed by atoms with Gasteiger partial charge in [-0.3, -0.25) is 9.59 Å². The summed E-state index contributed by atoms with van der Waals surface area (Å²) in [6, 6.07) is 0. The Morgan fingerprint density at radius 2 is 1.64 bits per heavy atom. The van der Waals surface area contributed by atoms with Gasteiger partial charge in [-0.15, -0.1) is 0 Å². The fourth-order valence-corrected chi connectivity index (χ4v) is 3.64. The van der Waals surface area contributed by atoms with Gasteiger partial charge in [0.25, 0.3) is 0 Å². The lowest BCUT2D eigenvalue weighted by Crippen LogP contribution is -2.26. The maximum absolute atomic E-state index is 10.9. The third-order valence-electron chi connectivity index (χ3n) is 2.47. The van der Waals surface area contributed by atoms with Crippen LogP contribution in [0.1, 0.15) is 19.3 Å². The van der Waals surface area contributed by atoms with Gasteiger partial charge in [0.1, 0.15) is 13.9 Å². The van der Waals surface area contributed by atoms with Crippen molar-refractivity contribution in [1.29, 1.82) is 0 Å². The first-order valence-corrected chi connectivity index (χ1v) is 11.0. The first-order valence-electron chi connectivity index (χ1n) is 7.16. The number of aliphatic carboxylic acids is 2. The Balaban J connectivity index is 0. The second-order valence-electron chi connectivity index (χ2n) is 4.40. The minimum Gasteiger partial charge on any atom is -0.480 e. The van der Waals surface area contributed by atoms with E-state index >= 15 is 0 Å². The van der Waals surface area contributed by atoms with Gasteiger partial charge >= 0.3 is 11.9 Å². The maximum atomic E-state index is 10.9. The fourth-order valence-electron chi connectivity index (χ4n) is 1.14. The number of carboxylic acid groups (broad SMARTS) is 2. The lowest BCUT2D eigenvalue weighted by molar-refractivity contribution is -0.137. The summed E-state index contributed by atoms with van der Waals surface area (Å²) in [6.45, 7) is 0. The molecule has 0 saturated carbocycles. The van der Waals surface area contributed by atoms with E-state index in [9.17, 15) is 9.59 Å². The zero-order valence-corrected chi connectivity index (χ0v) is 19.0. The minimum absolute atomic E-state index is 0.390. The molecule has 146 valence electrons. The quantitative estimate of drug-likeness (QED) is 0.173. The summed E-state index contributed by atoms with van der Waals surface area (Å²) in [5.74, 6) is -0.506. The van der Waals surface area contributed by atoms with Gasteiger partial charge in [0.05, 0.1) is 5.25 Å². The summed E-state index contributed by atoms with van der Waals surface area (Å²) in [5, 5.41) is 21.7. The van der Waals surface area contributed by atoms with Crippen LogP contribution in [0.3, 0.4) is 0 Å². The van der Waals surface area contributed by atoms with Crippen molar-refractivity contribution in [3.63, 3.8) is 0 Å². The highest BCUT2D eigenvalue weighted by atomic mass is 32.2.